The second-order valence-corrected chi connectivity index (χ2v) is 7.00. The summed E-state index contributed by atoms with van der Waals surface area (Å²) in [5, 5.41) is 13.7. The van der Waals surface area contributed by atoms with Crippen LogP contribution in [0.1, 0.15) is 18.5 Å². The maximum absolute atomic E-state index is 13.3. The number of hydrogen-bond acceptors (Lipinski definition) is 5. The van der Waals surface area contributed by atoms with Gasteiger partial charge in [0, 0.05) is 5.56 Å². The van der Waals surface area contributed by atoms with Crippen molar-refractivity contribution >= 4 is 23.0 Å². The number of para-hydroxylation sites is 1. The summed E-state index contributed by atoms with van der Waals surface area (Å²) in [7, 11) is 0. The first kappa shape index (κ1) is 20.0. The molecule has 1 amide bonds. The van der Waals surface area contributed by atoms with E-state index in [9.17, 15) is 14.7 Å². The van der Waals surface area contributed by atoms with E-state index in [0.29, 0.717) is 22.3 Å². The molecule has 0 radical (unpaired) electrons. The topological polar surface area (TPSA) is 96.6 Å². The molecule has 0 aliphatic heterocycles. The quantitative estimate of drug-likeness (QED) is 0.387. The number of hydrogen-bond donors (Lipinski definition) is 2. The lowest BCUT2D eigenvalue weighted by molar-refractivity contribution is -0.123. The third-order valence-corrected chi connectivity index (χ3v) is 4.89. The van der Waals surface area contributed by atoms with E-state index in [1.165, 1.54) is 22.9 Å². The second-order valence-electron chi connectivity index (χ2n) is 7.00. The molecule has 0 spiro atoms. The molecule has 7 nitrogen and oxygen atoms in total. The third kappa shape index (κ3) is 4.20. The Morgan fingerprint density at radius 3 is 2.45 bits per heavy atom. The molecule has 1 heterocycles. The Morgan fingerprint density at radius 1 is 1.03 bits per heavy atom. The van der Waals surface area contributed by atoms with Crippen molar-refractivity contribution in [1.29, 1.82) is 0 Å². The maximum Gasteiger partial charge on any atom is 0.263 e. The number of benzene rings is 3. The van der Waals surface area contributed by atoms with E-state index in [1.54, 1.807) is 37.3 Å². The minimum atomic E-state index is -0.850. The molecule has 2 N–H and O–H groups in total. The number of carbonyl (C=O) groups is 1. The zero-order chi connectivity index (χ0) is 21.8. The number of fused-ring (bicyclic) bond motifs is 1. The van der Waals surface area contributed by atoms with Gasteiger partial charge < -0.3 is 5.11 Å². The van der Waals surface area contributed by atoms with Gasteiger partial charge in [-0.3, -0.25) is 14.2 Å². The van der Waals surface area contributed by atoms with Crippen molar-refractivity contribution in [3.8, 4) is 17.1 Å². The molecule has 0 bridgehead atoms. The van der Waals surface area contributed by atoms with E-state index in [0.717, 1.165) is 5.56 Å². The highest BCUT2D eigenvalue weighted by Gasteiger charge is 2.22. The number of phenolic OH excluding ortho intramolecular Hbond substituents is 1. The van der Waals surface area contributed by atoms with Crippen LogP contribution in [0.4, 0.5) is 0 Å². The summed E-state index contributed by atoms with van der Waals surface area (Å²) in [6, 6.07) is 21.9. The number of hydrazone groups is 1. The standard InChI is InChI=1S/C24H20N4O3/c1-16(23(30)27-25-15-17-11-13-19(29)14-12-17)28-22(18-7-3-2-4-8-18)26-21-10-6-5-9-20(21)24(28)31/h2-16,29H,1H3,(H,27,30)/b25-15-/t16-/m0/s1. The van der Waals surface area contributed by atoms with Crippen molar-refractivity contribution in [2.45, 2.75) is 13.0 Å². The lowest BCUT2D eigenvalue weighted by Gasteiger charge is -2.18. The van der Waals surface area contributed by atoms with Crippen molar-refractivity contribution in [1.82, 2.24) is 15.0 Å². The van der Waals surface area contributed by atoms with Gasteiger partial charge in [0.25, 0.3) is 11.5 Å². The van der Waals surface area contributed by atoms with E-state index in [2.05, 4.69) is 15.5 Å². The van der Waals surface area contributed by atoms with E-state index < -0.39 is 11.9 Å². The lowest BCUT2D eigenvalue weighted by Crippen LogP contribution is -2.35. The Labute approximate surface area is 178 Å². The van der Waals surface area contributed by atoms with Gasteiger partial charge in [-0.25, -0.2) is 10.4 Å². The lowest BCUT2D eigenvalue weighted by atomic mass is 10.1. The van der Waals surface area contributed by atoms with E-state index in [4.69, 9.17) is 0 Å². The highest BCUT2D eigenvalue weighted by atomic mass is 16.3. The number of nitrogens with zero attached hydrogens (tertiary/aromatic N) is 3. The molecule has 0 saturated carbocycles. The SMILES string of the molecule is C[C@@H](C(=O)N/N=C\c1ccc(O)cc1)n1c(-c2ccccc2)nc2ccccc2c1=O. The maximum atomic E-state index is 13.3. The van der Waals surface area contributed by atoms with Crippen molar-refractivity contribution < 1.29 is 9.90 Å². The van der Waals surface area contributed by atoms with E-state index in [-0.39, 0.29) is 11.3 Å². The van der Waals surface area contributed by atoms with Gasteiger partial charge in [0.1, 0.15) is 17.6 Å². The van der Waals surface area contributed by atoms with Gasteiger partial charge in [0.15, 0.2) is 0 Å². The van der Waals surface area contributed by atoms with Crippen LogP contribution in [0.25, 0.3) is 22.3 Å². The minimum absolute atomic E-state index is 0.145. The molecule has 0 aliphatic rings. The first-order valence-electron chi connectivity index (χ1n) is 9.73. The van der Waals surface area contributed by atoms with Crippen LogP contribution in [0, 0.1) is 0 Å². The Kier molecular flexibility index (Phi) is 5.57. The molecule has 7 heteroatoms. The molecule has 0 aliphatic carbocycles. The Morgan fingerprint density at radius 2 is 1.71 bits per heavy atom. The number of amides is 1. The molecule has 154 valence electrons. The fourth-order valence-corrected chi connectivity index (χ4v) is 3.24. The average molecular weight is 412 g/mol. The van der Waals surface area contributed by atoms with Crippen molar-refractivity contribution in [3.05, 3.63) is 94.8 Å². The van der Waals surface area contributed by atoms with Gasteiger partial charge in [-0.1, -0.05) is 42.5 Å². The van der Waals surface area contributed by atoms with Crippen LogP contribution in [0.2, 0.25) is 0 Å². The molecule has 0 fully saturated rings. The highest BCUT2D eigenvalue weighted by molar-refractivity contribution is 5.85. The summed E-state index contributed by atoms with van der Waals surface area (Å²) in [5.74, 6) is 0.104. The van der Waals surface area contributed by atoms with Crippen LogP contribution in [0.5, 0.6) is 5.75 Å². The molecule has 0 unspecified atom stereocenters. The first-order valence-corrected chi connectivity index (χ1v) is 9.73. The smallest absolute Gasteiger partial charge is 0.263 e. The number of nitrogens with one attached hydrogen (secondary N) is 1. The predicted octanol–water partition coefficient (Wildman–Crippen LogP) is 3.48. The summed E-state index contributed by atoms with van der Waals surface area (Å²) in [5.41, 5.74) is 4.19. The summed E-state index contributed by atoms with van der Waals surface area (Å²) in [6.07, 6.45) is 1.46. The van der Waals surface area contributed by atoms with Crippen molar-refractivity contribution in [3.63, 3.8) is 0 Å². The van der Waals surface area contributed by atoms with Crippen LogP contribution in [-0.2, 0) is 4.79 Å². The first-order chi connectivity index (χ1) is 15.0. The summed E-state index contributed by atoms with van der Waals surface area (Å²) in [4.78, 5) is 30.8. The monoisotopic (exact) mass is 412 g/mol. The summed E-state index contributed by atoms with van der Waals surface area (Å²) < 4.78 is 1.39. The largest absolute Gasteiger partial charge is 0.508 e. The van der Waals surface area contributed by atoms with Crippen LogP contribution in [-0.4, -0.2) is 26.8 Å². The second kappa shape index (κ2) is 8.62. The van der Waals surface area contributed by atoms with Crippen LogP contribution < -0.4 is 11.0 Å². The molecule has 4 rings (SSSR count). The van der Waals surface area contributed by atoms with Crippen molar-refractivity contribution in [2.24, 2.45) is 5.10 Å². The van der Waals surface area contributed by atoms with E-state index in [1.807, 2.05) is 36.4 Å². The predicted molar refractivity (Wildman–Crippen MR) is 120 cm³/mol. The molecule has 0 saturated heterocycles. The van der Waals surface area contributed by atoms with Gasteiger partial charge in [0.05, 0.1) is 17.1 Å². The number of aromatic hydroxyl groups is 1. The van der Waals surface area contributed by atoms with Gasteiger partial charge in [0.2, 0.25) is 0 Å². The number of aromatic nitrogens is 2. The Hall–Kier alpha value is -4.26. The molecular weight excluding hydrogens is 392 g/mol. The van der Waals surface area contributed by atoms with Crippen LogP contribution in [0.15, 0.2) is 88.8 Å². The highest BCUT2D eigenvalue weighted by Crippen LogP contribution is 2.22. The Bertz CT molecular complexity index is 1310. The fourth-order valence-electron chi connectivity index (χ4n) is 3.24. The molecule has 4 aromatic rings. The van der Waals surface area contributed by atoms with Crippen LogP contribution in [0.3, 0.4) is 0 Å². The molecule has 31 heavy (non-hydrogen) atoms. The molecular formula is C24H20N4O3. The zero-order valence-electron chi connectivity index (χ0n) is 16.8. The van der Waals surface area contributed by atoms with Gasteiger partial charge in [-0.15, -0.1) is 0 Å². The summed E-state index contributed by atoms with van der Waals surface area (Å²) in [6.45, 7) is 1.63. The third-order valence-electron chi connectivity index (χ3n) is 4.89. The number of carbonyl (C=O) groups excluding carboxylic acids is 1. The minimum Gasteiger partial charge on any atom is -0.508 e. The Balaban J connectivity index is 1.70. The number of rotatable bonds is 5. The average Bonchev–Trinajstić information content (AvgIpc) is 2.80. The fraction of sp³-hybridized carbons (Fsp3) is 0.0833. The van der Waals surface area contributed by atoms with Gasteiger partial charge in [-0.05, 0) is 48.9 Å². The number of phenols is 1. The van der Waals surface area contributed by atoms with Crippen LogP contribution >= 0.6 is 0 Å². The van der Waals surface area contributed by atoms with Gasteiger partial charge in [-0.2, -0.15) is 5.10 Å². The molecule has 1 atom stereocenters. The molecule has 1 aromatic heterocycles. The summed E-state index contributed by atoms with van der Waals surface area (Å²) >= 11 is 0. The normalized spacial score (nSPS) is 12.2. The molecule has 3 aromatic carbocycles. The van der Waals surface area contributed by atoms with E-state index >= 15 is 0 Å². The van der Waals surface area contributed by atoms with Crippen molar-refractivity contribution in [2.75, 3.05) is 0 Å². The zero-order valence-corrected chi connectivity index (χ0v) is 16.8. The van der Waals surface area contributed by atoms with Gasteiger partial charge >= 0.3 is 0 Å².